The van der Waals surface area contributed by atoms with Crippen molar-refractivity contribution in [2.75, 3.05) is 19.8 Å². The van der Waals surface area contributed by atoms with Gasteiger partial charge in [-0.3, -0.25) is 4.79 Å². The number of carbonyl (C=O) groups is 2. The van der Waals surface area contributed by atoms with Gasteiger partial charge in [-0.05, 0) is 42.5 Å². The van der Waals surface area contributed by atoms with Crippen LogP contribution in [0.2, 0.25) is 0 Å². The summed E-state index contributed by atoms with van der Waals surface area (Å²) in [4.78, 5) is 23.9. The van der Waals surface area contributed by atoms with E-state index in [1.165, 1.54) is 18.2 Å². The van der Waals surface area contributed by atoms with Crippen molar-refractivity contribution >= 4 is 33.8 Å². The number of esters is 1. The van der Waals surface area contributed by atoms with Gasteiger partial charge in [0.1, 0.15) is 19.0 Å². The van der Waals surface area contributed by atoms with E-state index in [0.717, 1.165) is 6.08 Å². The van der Waals surface area contributed by atoms with Crippen LogP contribution in [-0.4, -0.2) is 31.6 Å². The number of Topliss-reactive ketones (excluding diaryl/α,β-unsaturated/α-hetero) is 1. The lowest BCUT2D eigenvalue weighted by Gasteiger charge is -2.18. The Kier molecular flexibility index (Phi) is 5.68. The number of ketones is 1. The van der Waals surface area contributed by atoms with E-state index in [1.54, 1.807) is 24.3 Å². The normalized spacial score (nSPS) is 12.8. The Morgan fingerprint density at radius 3 is 2.69 bits per heavy atom. The molecule has 0 spiro atoms. The number of halogens is 2. The summed E-state index contributed by atoms with van der Waals surface area (Å²) in [6, 6.07) is 9.13. The van der Waals surface area contributed by atoms with Gasteiger partial charge in [0.25, 0.3) is 0 Å². The van der Waals surface area contributed by atoms with Crippen LogP contribution in [0.1, 0.15) is 15.9 Å². The summed E-state index contributed by atoms with van der Waals surface area (Å²) in [6.45, 7) is 0.448. The van der Waals surface area contributed by atoms with Crippen molar-refractivity contribution in [1.82, 2.24) is 0 Å². The van der Waals surface area contributed by atoms with Crippen LogP contribution in [0.5, 0.6) is 11.5 Å². The molecule has 1 aliphatic rings. The van der Waals surface area contributed by atoms with Crippen molar-refractivity contribution in [1.29, 1.82) is 0 Å². The van der Waals surface area contributed by atoms with Crippen molar-refractivity contribution in [2.45, 2.75) is 0 Å². The second-order valence-electron chi connectivity index (χ2n) is 5.39. The zero-order chi connectivity index (χ0) is 18.5. The number of hydrogen-bond donors (Lipinski definition) is 0. The zero-order valence-corrected chi connectivity index (χ0v) is 15.1. The molecule has 5 nitrogen and oxygen atoms in total. The standard InChI is InChI=1S/C19H14BrFO5/c20-14-3-4-15(21)12(9-14)2-6-19(23)26-11-16(22)13-1-5-17-18(10-13)25-8-7-24-17/h1-6,9-10H,7-8,11H2/b6-2+. The van der Waals surface area contributed by atoms with Crippen molar-refractivity contribution in [2.24, 2.45) is 0 Å². The maximum atomic E-state index is 13.6. The van der Waals surface area contributed by atoms with Crippen LogP contribution in [0, 0.1) is 5.82 Å². The minimum Gasteiger partial charge on any atom is -0.486 e. The molecule has 1 heterocycles. The van der Waals surface area contributed by atoms with E-state index in [1.807, 2.05) is 0 Å². The van der Waals surface area contributed by atoms with Gasteiger partial charge in [0.2, 0.25) is 0 Å². The SMILES string of the molecule is O=C(/C=C/c1cc(Br)ccc1F)OCC(=O)c1ccc2c(c1)OCCO2. The summed E-state index contributed by atoms with van der Waals surface area (Å²) in [6.07, 6.45) is 2.36. The van der Waals surface area contributed by atoms with Gasteiger partial charge < -0.3 is 14.2 Å². The van der Waals surface area contributed by atoms with E-state index in [4.69, 9.17) is 14.2 Å². The van der Waals surface area contributed by atoms with E-state index in [9.17, 15) is 14.0 Å². The highest BCUT2D eigenvalue weighted by Crippen LogP contribution is 2.30. The van der Waals surface area contributed by atoms with Crippen LogP contribution in [0.15, 0.2) is 46.9 Å². The van der Waals surface area contributed by atoms with Crippen molar-refractivity contribution < 1.29 is 28.2 Å². The number of rotatable bonds is 5. The van der Waals surface area contributed by atoms with E-state index in [0.29, 0.717) is 34.7 Å². The highest BCUT2D eigenvalue weighted by molar-refractivity contribution is 9.10. The molecule has 0 bridgehead atoms. The molecule has 7 heteroatoms. The number of carbonyl (C=O) groups excluding carboxylic acids is 2. The monoisotopic (exact) mass is 420 g/mol. The first-order valence-electron chi connectivity index (χ1n) is 7.75. The first-order valence-corrected chi connectivity index (χ1v) is 8.55. The predicted octanol–water partition coefficient (Wildman–Crippen LogP) is 3.80. The van der Waals surface area contributed by atoms with Gasteiger partial charge in [-0.15, -0.1) is 0 Å². The fourth-order valence-electron chi connectivity index (χ4n) is 2.29. The largest absolute Gasteiger partial charge is 0.486 e. The Hall–Kier alpha value is -2.67. The van der Waals surface area contributed by atoms with Gasteiger partial charge >= 0.3 is 5.97 Å². The van der Waals surface area contributed by atoms with Gasteiger partial charge in [-0.2, -0.15) is 0 Å². The Morgan fingerprint density at radius 2 is 1.88 bits per heavy atom. The molecule has 0 saturated carbocycles. The summed E-state index contributed by atoms with van der Waals surface area (Å²) < 4.78 is 30.0. The summed E-state index contributed by atoms with van der Waals surface area (Å²) in [5.74, 6) is -0.528. The van der Waals surface area contributed by atoms with Crippen LogP contribution in [0.4, 0.5) is 4.39 Å². The Bertz CT molecular complexity index is 878. The molecule has 0 saturated heterocycles. The summed E-state index contributed by atoms with van der Waals surface area (Å²) >= 11 is 3.22. The second kappa shape index (κ2) is 8.14. The predicted molar refractivity (Wildman–Crippen MR) is 95.9 cm³/mol. The van der Waals surface area contributed by atoms with Gasteiger partial charge in [0.15, 0.2) is 23.9 Å². The average Bonchev–Trinajstić information content (AvgIpc) is 2.66. The second-order valence-corrected chi connectivity index (χ2v) is 6.30. The van der Waals surface area contributed by atoms with Crippen molar-refractivity contribution in [3.8, 4) is 11.5 Å². The Morgan fingerprint density at radius 1 is 1.12 bits per heavy atom. The Balaban J connectivity index is 1.58. The molecule has 3 rings (SSSR count). The lowest BCUT2D eigenvalue weighted by Crippen LogP contribution is -2.17. The van der Waals surface area contributed by atoms with Gasteiger partial charge in [-0.1, -0.05) is 15.9 Å². The molecule has 0 aromatic heterocycles. The average molecular weight is 421 g/mol. The van der Waals surface area contributed by atoms with Crippen LogP contribution >= 0.6 is 15.9 Å². The van der Waals surface area contributed by atoms with Crippen LogP contribution in [-0.2, 0) is 9.53 Å². The molecule has 134 valence electrons. The number of benzene rings is 2. The first kappa shape index (κ1) is 18.1. The first-order chi connectivity index (χ1) is 12.5. The number of ether oxygens (including phenoxy) is 3. The van der Waals surface area contributed by atoms with Crippen molar-refractivity contribution in [3.63, 3.8) is 0 Å². The third-order valence-electron chi connectivity index (χ3n) is 3.57. The zero-order valence-electron chi connectivity index (χ0n) is 13.5. The van der Waals surface area contributed by atoms with E-state index in [2.05, 4.69) is 15.9 Å². The molecule has 0 fully saturated rings. The molecule has 0 aliphatic carbocycles. The molecule has 1 aliphatic heterocycles. The molecule has 0 unspecified atom stereocenters. The van der Waals surface area contributed by atoms with Crippen molar-refractivity contribution in [3.05, 3.63) is 63.9 Å². The molecule has 2 aromatic rings. The van der Waals surface area contributed by atoms with E-state index < -0.39 is 18.4 Å². The maximum absolute atomic E-state index is 13.6. The Labute approximate surface area is 157 Å². The lowest BCUT2D eigenvalue weighted by molar-refractivity contribution is -0.136. The van der Waals surface area contributed by atoms with Crippen LogP contribution in [0.25, 0.3) is 6.08 Å². The van der Waals surface area contributed by atoms with Crippen LogP contribution in [0.3, 0.4) is 0 Å². The quantitative estimate of drug-likeness (QED) is 0.418. The molecule has 26 heavy (non-hydrogen) atoms. The lowest BCUT2D eigenvalue weighted by atomic mass is 10.1. The molecular weight excluding hydrogens is 407 g/mol. The minimum atomic E-state index is -0.740. The molecule has 0 N–H and O–H groups in total. The molecule has 2 aromatic carbocycles. The highest BCUT2D eigenvalue weighted by Gasteiger charge is 2.15. The summed E-state index contributed by atoms with van der Waals surface area (Å²) in [7, 11) is 0. The van der Waals surface area contributed by atoms with Gasteiger partial charge in [0, 0.05) is 21.7 Å². The van der Waals surface area contributed by atoms with E-state index >= 15 is 0 Å². The third-order valence-corrected chi connectivity index (χ3v) is 4.06. The fraction of sp³-hybridized carbons (Fsp3) is 0.158. The number of hydrogen-bond acceptors (Lipinski definition) is 5. The smallest absolute Gasteiger partial charge is 0.331 e. The molecule has 0 radical (unpaired) electrons. The molecule has 0 amide bonds. The number of fused-ring (bicyclic) bond motifs is 1. The highest BCUT2D eigenvalue weighted by atomic mass is 79.9. The molecule has 0 atom stereocenters. The minimum absolute atomic E-state index is 0.231. The van der Waals surface area contributed by atoms with Crippen LogP contribution < -0.4 is 9.47 Å². The van der Waals surface area contributed by atoms with E-state index in [-0.39, 0.29) is 11.3 Å². The topological polar surface area (TPSA) is 61.8 Å². The van der Waals surface area contributed by atoms with Gasteiger partial charge in [0.05, 0.1) is 0 Å². The molecular formula is C19H14BrFO5. The third kappa shape index (κ3) is 4.49. The van der Waals surface area contributed by atoms with Gasteiger partial charge in [-0.25, -0.2) is 9.18 Å². The fourth-order valence-corrected chi connectivity index (χ4v) is 2.66. The summed E-state index contributed by atoms with van der Waals surface area (Å²) in [5.41, 5.74) is 0.582. The summed E-state index contributed by atoms with van der Waals surface area (Å²) in [5, 5.41) is 0. The maximum Gasteiger partial charge on any atom is 0.331 e.